The molecule has 0 spiro atoms. The zero-order valence-electron chi connectivity index (χ0n) is 4.79. The third-order valence-corrected chi connectivity index (χ3v) is 1.16. The van der Waals surface area contributed by atoms with Gasteiger partial charge in [0.2, 0.25) is 0 Å². The molecule has 0 saturated carbocycles. The van der Waals surface area contributed by atoms with Gasteiger partial charge in [0.15, 0.2) is 0 Å². The normalized spacial score (nSPS) is 19.6. The van der Waals surface area contributed by atoms with Crippen molar-refractivity contribution in [3.8, 4) is 0 Å². The zero-order valence-corrected chi connectivity index (χ0v) is 4.79. The molecule has 46 valence electrons. The molecule has 0 bridgehead atoms. The van der Waals surface area contributed by atoms with Crippen LogP contribution in [-0.4, -0.2) is 36.9 Å². The third-order valence-electron chi connectivity index (χ3n) is 1.16. The summed E-state index contributed by atoms with van der Waals surface area (Å²) >= 11 is 0. The van der Waals surface area contributed by atoms with E-state index in [4.69, 9.17) is 0 Å². The maximum atomic E-state index is 10.4. The van der Waals surface area contributed by atoms with E-state index in [0.29, 0.717) is 0 Å². The Bertz CT molecular complexity index is 260. The summed E-state index contributed by atoms with van der Waals surface area (Å²) in [6.07, 6.45) is 0. The number of hydrogen-bond acceptors (Lipinski definition) is 4. The molecule has 0 radical (unpaired) electrons. The fraction of sp³-hybridized carbons (Fsp3) is 0. The second kappa shape index (κ2) is 1.65. The molecule has 2 aliphatic rings. The number of rotatable bonds is 0. The molecule has 0 unspecified atom stereocenters. The molecule has 0 aromatic rings. The van der Waals surface area contributed by atoms with E-state index in [-0.39, 0.29) is 11.3 Å². The van der Waals surface area contributed by atoms with Gasteiger partial charge < -0.3 is 0 Å². The molecule has 2 rings (SSSR count). The average Bonchev–Trinajstić information content (AvgIpc) is 2.21. The maximum absolute atomic E-state index is 10.4. The standard InChI is InChI=1S/C4B2O4/c7-3-5-1-2(10-3)6-4(8)9-1. The van der Waals surface area contributed by atoms with Crippen LogP contribution in [0.1, 0.15) is 0 Å². The second-order valence-electron chi connectivity index (χ2n) is 1.86. The first-order valence-corrected chi connectivity index (χ1v) is 2.63. The van der Waals surface area contributed by atoms with Crippen molar-refractivity contribution in [3.05, 3.63) is 0 Å². The molecule has 0 aromatic carbocycles. The number of carbonyl (C=O) groups excluding carboxylic acids is 2. The Balaban J connectivity index is 2.43. The molecule has 2 aliphatic heterocycles. The summed E-state index contributed by atoms with van der Waals surface area (Å²) in [7, 11) is 0. The number of ether oxygens (including phenoxy) is 2. The van der Waals surface area contributed by atoms with Crippen molar-refractivity contribution in [2.75, 3.05) is 0 Å². The van der Waals surface area contributed by atoms with Crippen molar-refractivity contribution in [2.24, 2.45) is 0 Å². The van der Waals surface area contributed by atoms with Crippen LogP contribution in [0.2, 0.25) is 0 Å². The van der Waals surface area contributed by atoms with E-state index in [1.807, 2.05) is 0 Å². The van der Waals surface area contributed by atoms with Gasteiger partial charge in [-0.25, -0.2) is 0 Å². The number of hydrogen-bond donors (Lipinski definition) is 0. The van der Waals surface area contributed by atoms with E-state index < -0.39 is 11.7 Å². The van der Waals surface area contributed by atoms with Crippen molar-refractivity contribution in [3.63, 3.8) is 0 Å². The number of carbonyl (C=O) groups is 2. The van der Waals surface area contributed by atoms with Gasteiger partial charge in [0.25, 0.3) is 0 Å². The molecule has 10 heavy (non-hydrogen) atoms. The third kappa shape index (κ3) is 0.650. The van der Waals surface area contributed by atoms with Gasteiger partial charge in [-0.2, -0.15) is 0 Å². The van der Waals surface area contributed by atoms with Gasteiger partial charge in [-0.05, 0) is 0 Å². The first kappa shape index (κ1) is 5.58. The molecule has 0 aromatic heterocycles. The molecule has 0 fully saturated rings. The van der Waals surface area contributed by atoms with E-state index in [1.165, 1.54) is 0 Å². The fourth-order valence-electron chi connectivity index (χ4n) is 0.792. The summed E-state index contributed by atoms with van der Waals surface area (Å²) in [4.78, 5) is 20.9. The minimum absolute atomic E-state index is 0.218. The Morgan fingerprint density at radius 1 is 0.900 bits per heavy atom. The van der Waals surface area contributed by atoms with Gasteiger partial charge in [-0.15, -0.1) is 0 Å². The van der Waals surface area contributed by atoms with Crippen LogP contribution in [0.15, 0.2) is 0 Å². The summed E-state index contributed by atoms with van der Waals surface area (Å²) in [5.41, 5.74) is 0.435. The van der Waals surface area contributed by atoms with Crippen LogP contribution in [-0.2, 0) is 9.47 Å². The molecule has 0 atom stereocenters. The molecule has 0 amide bonds. The SMILES string of the molecule is O=C1B=C2OC(=O)B=C2O1. The van der Waals surface area contributed by atoms with Crippen LogP contribution >= 0.6 is 0 Å². The minimum atomic E-state index is -0.492. The average molecular weight is 134 g/mol. The van der Waals surface area contributed by atoms with Crippen LogP contribution < -0.4 is 0 Å². The Labute approximate surface area is 56.9 Å². The van der Waals surface area contributed by atoms with E-state index in [9.17, 15) is 9.59 Å². The zero-order chi connectivity index (χ0) is 7.14. The summed E-state index contributed by atoms with van der Waals surface area (Å²) in [5, 5.41) is 0. The van der Waals surface area contributed by atoms with Crippen molar-refractivity contribution in [1.82, 2.24) is 0 Å². The molecule has 0 N–H and O–H groups in total. The van der Waals surface area contributed by atoms with Crippen LogP contribution in [0.3, 0.4) is 0 Å². The van der Waals surface area contributed by atoms with Crippen LogP contribution in [0.5, 0.6) is 0 Å². The molecule has 6 heteroatoms. The summed E-state index contributed by atoms with van der Waals surface area (Å²) in [6.45, 7) is 2.27. The summed E-state index contributed by atoms with van der Waals surface area (Å²) in [6, 6.07) is 0. The molecular weight excluding hydrogens is 134 g/mol. The molecular formula is C4B2O4. The van der Waals surface area contributed by atoms with Crippen molar-refractivity contribution >= 4 is 36.9 Å². The van der Waals surface area contributed by atoms with E-state index in [2.05, 4.69) is 9.47 Å². The van der Waals surface area contributed by atoms with Crippen LogP contribution in [0.25, 0.3) is 0 Å². The first-order valence-electron chi connectivity index (χ1n) is 2.63. The van der Waals surface area contributed by atoms with E-state index in [1.54, 1.807) is 0 Å². The topological polar surface area (TPSA) is 52.6 Å². The number of fused-ring (bicyclic) bond motifs is 1. The van der Waals surface area contributed by atoms with Gasteiger partial charge in [-0.3, -0.25) is 0 Å². The van der Waals surface area contributed by atoms with Crippen molar-refractivity contribution in [1.29, 1.82) is 0 Å². The second-order valence-corrected chi connectivity index (χ2v) is 1.86. The summed E-state index contributed by atoms with van der Waals surface area (Å²) in [5.74, 6) is -0.984. The first-order chi connectivity index (χ1) is 4.75. The molecule has 0 saturated heterocycles. The van der Waals surface area contributed by atoms with Gasteiger partial charge in [-0.1, -0.05) is 0 Å². The Hall–Kier alpha value is -1.19. The van der Waals surface area contributed by atoms with Crippen LogP contribution in [0.4, 0.5) is 9.59 Å². The Morgan fingerprint density at radius 2 is 1.30 bits per heavy atom. The van der Waals surface area contributed by atoms with E-state index in [0.717, 1.165) is 13.8 Å². The molecule has 4 nitrogen and oxygen atoms in total. The van der Waals surface area contributed by atoms with Gasteiger partial charge in [0.1, 0.15) is 0 Å². The van der Waals surface area contributed by atoms with Crippen molar-refractivity contribution in [2.45, 2.75) is 0 Å². The Morgan fingerprint density at radius 3 is 1.70 bits per heavy atom. The monoisotopic (exact) mass is 134 g/mol. The molecule has 2 heterocycles. The van der Waals surface area contributed by atoms with Crippen LogP contribution in [0, 0.1) is 0 Å². The van der Waals surface area contributed by atoms with Gasteiger partial charge >= 0.3 is 55.9 Å². The van der Waals surface area contributed by atoms with Gasteiger partial charge in [0, 0.05) is 0 Å². The van der Waals surface area contributed by atoms with Gasteiger partial charge in [0.05, 0.1) is 0 Å². The predicted octanol–water partition coefficient (Wildman–Crippen LogP) is -1.04. The molecule has 0 aliphatic carbocycles. The van der Waals surface area contributed by atoms with E-state index >= 15 is 0 Å². The fourth-order valence-corrected chi connectivity index (χ4v) is 0.792. The predicted molar refractivity (Wildman–Crippen MR) is 34.5 cm³/mol. The van der Waals surface area contributed by atoms with Crippen molar-refractivity contribution < 1.29 is 19.1 Å². The quantitative estimate of drug-likeness (QED) is 0.396. The summed E-state index contributed by atoms with van der Waals surface area (Å²) < 4.78 is 9.08. The Kier molecular flexibility index (Phi) is 0.922.